The fraction of sp³-hybridized carbons (Fsp3) is 0.111. The number of hydrogen-bond donors (Lipinski definition) is 2. The third-order valence-corrected chi connectivity index (χ3v) is 1.45. The highest BCUT2D eigenvalue weighted by Gasteiger charge is 1.98. The highest BCUT2D eigenvalue weighted by Crippen LogP contribution is 2.15. The Morgan fingerprint density at radius 3 is 2.92 bits per heavy atom. The molecule has 4 nitrogen and oxygen atoms in total. The van der Waals surface area contributed by atoms with Crippen molar-refractivity contribution >= 4 is 12.0 Å². The van der Waals surface area contributed by atoms with Crippen LogP contribution in [0, 0.1) is 6.92 Å². The molecule has 0 bridgehead atoms. The molecule has 1 rings (SSSR count). The molecule has 0 saturated heterocycles. The molecule has 0 aliphatic carbocycles. The SMILES string of the molecule is Cc1ccc(O)c(C=CC(N)=O)n1. The number of carbonyl (C=O) groups is 1. The summed E-state index contributed by atoms with van der Waals surface area (Å²) >= 11 is 0. The fourth-order valence-electron chi connectivity index (χ4n) is 0.853. The Labute approximate surface area is 75.7 Å². The van der Waals surface area contributed by atoms with Crippen LogP contribution in [0.5, 0.6) is 5.75 Å². The molecule has 1 aromatic heterocycles. The van der Waals surface area contributed by atoms with Gasteiger partial charge in [0.05, 0.1) is 0 Å². The van der Waals surface area contributed by atoms with Gasteiger partial charge in [-0.25, -0.2) is 4.98 Å². The van der Waals surface area contributed by atoms with Gasteiger partial charge in [-0.05, 0) is 25.1 Å². The van der Waals surface area contributed by atoms with E-state index in [9.17, 15) is 9.90 Å². The zero-order valence-electron chi connectivity index (χ0n) is 7.19. The van der Waals surface area contributed by atoms with Gasteiger partial charge in [0.1, 0.15) is 11.4 Å². The molecule has 68 valence electrons. The van der Waals surface area contributed by atoms with Crippen LogP contribution >= 0.6 is 0 Å². The summed E-state index contributed by atoms with van der Waals surface area (Å²) in [6.07, 6.45) is 2.53. The van der Waals surface area contributed by atoms with E-state index in [1.807, 2.05) is 0 Å². The number of aryl methyl sites for hydroxylation is 1. The third-order valence-electron chi connectivity index (χ3n) is 1.45. The van der Waals surface area contributed by atoms with Crippen molar-refractivity contribution in [1.82, 2.24) is 4.98 Å². The quantitative estimate of drug-likeness (QED) is 0.651. The average molecular weight is 178 g/mol. The van der Waals surface area contributed by atoms with Crippen LogP contribution in [-0.4, -0.2) is 16.0 Å². The van der Waals surface area contributed by atoms with Crippen LogP contribution in [0.3, 0.4) is 0 Å². The van der Waals surface area contributed by atoms with E-state index in [1.54, 1.807) is 13.0 Å². The maximum absolute atomic E-state index is 10.4. The van der Waals surface area contributed by atoms with Gasteiger partial charge in [-0.1, -0.05) is 0 Å². The second kappa shape index (κ2) is 3.71. The van der Waals surface area contributed by atoms with Gasteiger partial charge < -0.3 is 10.8 Å². The van der Waals surface area contributed by atoms with E-state index < -0.39 is 5.91 Å². The summed E-state index contributed by atoms with van der Waals surface area (Å²) in [6.45, 7) is 1.79. The third kappa shape index (κ3) is 2.59. The lowest BCUT2D eigenvalue weighted by Gasteiger charge is -1.98. The van der Waals surface area contributed by atoms with E-state index in [0.717, 1.165) is 11.8 Å². The topological polar surface area (TPSA) is 76.2 Å². The Balaban J connectivity index is 3.00. The molecule has 1 heterocycles. The Morgan fingerprint density at radius 2 is 2.31 bits per heavy atom. The maximum Gasteiger partial charge on any atom is 0.241 e. The summed E-state index contributed by atoms with van der Waals surface area (Å²) in [7, 11) is 0. The second-order valence-corrected chi connectivity index (χ2v) is 2.59. The number of aromatic hydroxyl groups is 1. The molecule has 0 unspecified atom stereocenters. The average Bonchev–Trinajstić information content (AvgIpc) is 2.06. The van der Waals surface area contributed by atoms with Gasteiger partial charge in [-0.3, -0.25) is 4.79 Å². The normalized spacial score (nSPS) is 10.5. The summed E-state index contributed by atoms with van der Waals surface area (Å²) in [5, 5.41) is 9.28. The first-order valence-electron chi connectivity index (χ1n) is 3.73. The van der Waals surface area contributed by atoms with Crippen molar-refractivity contribution in [2.75, 3.05) is 0 Å². The van der Waals surface area contributed by atoms with E-state index in [2.05, 4.69) is 4.98 Å². The molecule has 3 N–H and O–H groups in total. The molecular formula is C9H10N2O2. The van der Waals surface area contributed by atoms with Crippen molar-refractivity contribution in [3.63, 3.8) is 0 Å². The molecule has 0 radical (unpaired) electrons. The van der Waals surface area contributed by atoms with Gasteiger partial charge >= 0.3 is 0 Å². The predicted molar refractivity (Wildman–Crippen MR) is 48.9 cm³/mol. The predicted octanol–water partition coefficient (Wildman–Crippen LogP) is 0.594. The Hall–Kier alpha value is -1.84. The zero-order chi connectivity index (χ0) is 9.84. The van der Waals surface area contributed by atoms with Crippen LogP contribution in [0.25, 0.3) is 6.08 Å². The van der Waals surface area contributed by atoms with Crippen LogP contribution in [0.1, 0.15) is 11.4 Å². The molecular weight excluding hydrogens is 168 g/mol. The van der Waals surface area contributed by atoms with Gasteiger partial charge in [-0.15, -0.1) is 0 Å². The summed E-state index contributed by atoms with van der Waals surface area (Å²) in [5.41, 5.74) is 6.01. The molecule has 0 atom stereocenters. The van der Waals surface area contributed by atoms with Crippen molar-refractivity contribution in [3.05, 3.63) is 29.6 Å². The van der Waals surface area contributed by atoms with Crippen LogP contribution in [0.4, 0.5) is 0 Å². The lowest BCUT2D eigenvalue weighted by Crippen LogP contribution is -2.05. The molecule has 0 aliphatic heterocycles. The van der Waals surface area contributed by atoms with Crippen LogP contribution in [0.2, 0.25) is 0 Å². The number of primary amides is 1. The van der Waals surface area contributed by atoms with Crippen LogP contribution in [0.15, 0.2) is 18.2 Å². The van der Waals surface area contributed by atoms with Crippen molar-refractivity contribution in [1.29, 1.82) is 0 Å². The molecule has 0 aromatic carbocycles. The van der Waals surface area contributed by atoms with Crippen molar-refractivity contribution < 1.29 is 9.90 Å². The van der Waals surface area contributed by atoms with Crippen molar-refractivity contribution in [3.8, 4) is 5.75 Å². The minimum atomic E-state index is -0.567. The van der Waals surface area contributed by atoms with E-state index in [-0.39, 0.29) is 5.75 Å². The molecule has 0 saturated carbocycles. The zero-order valence-corrected chi connectivity index (χ0v) is 7.19. The molecule has 0 spiro atoms. The number of nitrogens with two attached hydrogens (primary N) is 1. The summed E-state index contributed by atoms with van der Waals surface area (Å²) in [4.78, 5) is 14.4. The molecule has 0 aliphatic rings. The molecule has 13 heavy (non-hydrogen) atoms. The number of aromatic nitrogens is 1. The van der Waals surface area contributed by atoms with Gasteiger partial charge in [0.2, 0.25) is 5.91 Å². The van der Waals surface area contributed by atoms with Gasteiger partial charge in [0.25, 0.3) is 0 Å². The van der Waals surface area contributed by atoms with E-state index in [1.165, 1.54) is 12.1 Å². The maximum atomic E-state index is 10.4. The number of hydrogen-bond acceptors (Lipinski definition) is 3. The number of rotatable bonds is 2. The number of amides is 1. The Bertz CT molecular complexity index is 359. The lowest BCUT2D eigenvalue weighted by molar-refractivity contribution is -0.113. The summed E-state index contributed by atoms with van der Waals surface area (Å²) < 4.78 is 0. The summed E-state index contributed by atoms with van der Waals surface area (Å²) in [6, 6.07) is 3.19. The highest BCUT2D eigenvalue weighted by atomic mass is 16.3. The first-order chi connectivity index (χ1) is 6.09. The Morgan fingerprint density at radius 1 is 1.62 bits per heavy atom. The number of pyridine rings is 1. The van der Waals surface area contributed by atoms with E-state index >= 15 is 0 Å². The first kappa shape index (κ1) is 9.25. The number of carbonyl (C=O) groups excluding carboxylic acids is 1. The molecule has 1 aromatic rings. The van der Waals surface area contributed by atoms with E-state index in [0.29, 0.717) is 5.69 Å². The minimum absolute atomic E-state index is 0.0306. The fourth-order valence-corrected chi connectivity index (χ4v) is 0.853. The van der Waals surface area contributed by atoms with Gasteiger partial charge in [0, 0.05) is 11.8 Å². The van der Waals surface area contributed by atoms with E-state index in [4.69, 9.17) is 5.73 Å². The largest absolute Gasteiger partial charge is 0.506 e. The standard InChI is InChI=1S/C9H10N2O2/c1-6-2-4-8(12)7(11-6)3-5-9(10)13/h2-5,12H,1H3,(H2,10,13). The lowest BCUT2D eigenvalue weighted by atomic mass is 10.2. The molecule has 1 amide bonds. The van der Waals surface area contributed by atoms with Crippen molar-refractivity contribution in [2.45, 2.75) is 6.92 Å². The van der Waals surface area contributed by atoms with Crippen molar-refractivity contribution in [2.24, 2.45) is 5.73 Å². The second-order valence-electron chi connectivity index (χ2n) is 2.59. The first-order valence-corrected chi connectivity index (χ1v) is 3.73. The van der Waals surface area contributed by atoms with Crippen LogP contribution < -0.4 is 5.73 Å². The Kier molecular flexibility index (Phi) is 2.64. The smallest absolute Gasteiger partial charge is 0.241 e. The van der Waals surface area contributed by atoms with Gasteiger partial charge in [-0.2, -0.15) is 0 Å². The number of nitrogens with zero attached hydrogens (tertiary/aromatic N) is 1. The minimum Gasteiger partial charge on any atom is -0.506 e. The summed E-state index contributed by atoms with van der Waals surface area (Å²) in [5.74, 6) is -0.536. The highest BCUT2D eigenvalue weighted by molar-refractivity contribution is 5.90. The van der Waals surface area contributed by atoms with Crippen LogP contribution in [-0.2, 0) is 4.79 Å². The molecule has 4 heteroatoms. The monoisotopic (exact) mass is 178 g/mol. The van der Waals surface area contributed by atoms with Gasteiger partial charge in [0.15, 0.2) is 0 Å². The molecule has 0 fully saturated rings.